The monoisotopic (exact) mass is 341 g/mol. The Bertz CT molecular complexity index is 671. The molecule has 1 N–H and O–H groups in total. The highest BCUT2D eigenvalue weighted by molar-refractivity contribution is 7.89. The number of alkyl halides is 3. The molecule has 1 aliphatic rings. The summed E-state index contributed by atoms with van der Waals surface area (Å²) in [7, 11) is -4.31. The Labute approximate surface area is 123 Å². The molecule has 0 spiro atoms. The van der Waals surface area contributed by atoms with Crippen LogP contribution in [0, 0.1) is 17.7 Å². The van der Waals surface area contributed by atoms with E-state index in [4.69, 9.17) is 5.11 Å². The first-order valence-electron chi connectivity index (χ1n) is 6.08. The first-order valence-corrected chi connectivity index (χ1v) is 7.52. The van der Waals surface area contributed by atoms with Crippen LogP contribution >= 0.6 is 0 Å². The molecule has 0 unspecified atom stereocenters. The molecule has 1 heterocycles. The number of sulfonamides is 1. The lowest BCUT2D eigenvalue weighted by Gasteiger charge is -2.18. The predicted octanol–water partition coefficient (Wildman–Crippen LogP) is 1.71. The number of halogens is 4. The standard InChI is InChI=1S/C12H11F4NO4S/c13-7-1-3-8(4-2-7)22(20,21)17-5-9(11(18)19)10(6-17)12(14,15)16/h1-4,9-10H,5-6H2,(H,18,19)/t9-,10-/m1/s1. The molecule has 0 bridgehead atoms. The molecule has 1 saturated heterocycles. The molecule has 0 aliphatic carbocycles. The lowest BCUT2D eigenvalue weighted by molar-refractivity contribution is -0.187. The maximum absolute atomic E-state index is 12.9. The number of hydrogen-bond donors (Lipinski definition) is 1. The van der Waals surface area contributed by atoms with E-state index >= 15 is 0 Å². The predicted molar refractivity (Wildman–Crippen MR) is 65.8 cm³/mol. The Morgan fingerprint density at radius 3 is 2.14 bits per heavy atom. The summed E-state index contributed by atoms with van der Waals surface area (Å²) in [5.41, 5.74) is 0. The zero-order valence-electron chi connectivity index (χ0n) is 10.9. The summed E-state index contributed by atoms with van der Waals surface area (Å²) < 4.78 is 76.3. The fraction of sp³-hybridized carbons (Fsp3) is 0.417. The fourth-order valence-corrected chi connectivity index (χ4v) is 3.79. The van der Waals surface area contributed by atoms with Gasteiger partial charge >= 0.3 is 12.1 Å². The van der Waals surface area contributed by atoms with Gasteiger partial charge in [-0.2, -0.15) is 17.5 Å². The van der Waals surface area contributed by atoms with Crippen molar-refractivity contribution in [2.75, 3.05) is 13.1 Å². The van der Waals surface area contributed by atoms with Gasteiger partial charge in [0.1, 0.15) is 5.82 Å². The summed E-state index contributed by atoms with van der Waals surface area (Å²) >= 11 is 0. The van der Waals surface area contributed by atoms with Gasteiger partial charge in [0.25, 0.3) is 0 Å². The second-order valence-electron chi connectivity index (χ2n) is 4.87. The average molecular weight is 341 g/mol. The molecule has 0 aromatic heterocycles. The van der Waals surface area contributed by atoms with E-state index in [1.807, 2.05) is 0 Å². The lowest BCUT2D eigenvalue weighted by atomic mass is 9.96. The van der Waals surface area contributed by atoms with E-state index in [0.29, 0.717) is 4.31 Å². The Morgan fingerprint density at radius 2 is 1.73 bits per heavy atom. The molecular formula is C12H11F4NO4S. The molecule has 122 valence electrons. The molecule has 1 fully saturated rings. The zero-order chi connectivity index (χ0) is 16.7. The van der Waals surface area contributed by atoms with E-state index in [9.17, 15) is 30.8 Å². The molecule has 2 atom stereocenters. The van der Waals surface area contributed by atoms with Gasteiger partial charge in [-0.25, -0.2) is 12.8 Å². The van der Waals surface area contributed by atoms with E-state index in [1.165, 1.54) is 0 Å². The molecule has 2 rings (SSSR count). The summed E-state index contributed by atoms with van der Waals surface area (Å²) in [6, 6.07) is 3.56. The first kappa shape index (κ1) is 16.7. The second-order valence-corrected chi connectivity index (χ2v) is 6.81. The third-order valence-electron chi connectivity index (χ3n) is 3.48. The Morgan fingerprint density at radius 1 is 1.18 bits per heavy atom. The molecule has 5 nitrogen and oxygen atoms in total. The third-order valence-corrected chi connectivity index (χ3v) is 5.32. The van der Waals surface area contributed by atoms with Crippen LogP contribution in [0.2, 0.25) is 0 Å². The Hall–Kier alpha value is -1.68. The number of carboxylic acid groups (broad SMARTS) is 1. The zero-order valence-corrected chi connectivity index (χ0v) is 11.7. The SMILES string of the molecule is O=C(O)[C@@H]1CN(S(=O)(=O)c2ccc(F)cc2)C[C@H]1C(F)(F)F. The lowest BCUT2D eigenvalue weighted by Crippen LogP contribution is -2.34. The van der Waals surface area contributed by atoms with Gasteiger partial charge in [-0.3, -0.25) is 4.79 Å². The second kappa shape index (κ2) is 5.51. The summed E-state index contributed by atoms with van der Waals surface area (Å²) in [5, 5.41) is 8.87. The number of carboxylic acids is 1. The van der Waals surface area contributed by atoms with Crippen LogP contribution in [0.15, 0.2) is 29.2 Å². The average Bonchev–Trinajstić information content (AvgIpc) is 2.85. The van der Waals surface area contributed by atoms with Gasteiger partial charge in [-0.1, -0.05) is 0 Å². The Balaban J connectivity index is 2.33. The van der Waals surface area contributed by atoms with Crippen molar-refractivity contribution in [3.63, 3.8) is 0 Å². The van der Waals surface area contributed by atoms with Crippen LogP contribution < -0.4 is 0 Å². The smallest absolute Gasteiger partial charge is 0.393 e. The van der Waals surface area contributed by atoms with E-state index in [0.717, 1.165) is 24.3 Å². The van der Waals surface area contributed by atoms with Crippen LogP contribution in [0.25, 0.3) is 0 Å². The number of benzene rings is 1. The van der Waals surface area contributed by atoms with Crippen molar-refractivity contribution >= 4 is 16.0 Å². The fourth-order valence-electron chi connectivity index (χ4n) is 2.30. The van der Waals surface area contributed by atoms with Crippen molar-refractivity contribution in [1.82, 2.24) is 4.31 Å². The highest BCUT2D eigenvalue weighted by Gasteiger charge is 2.54. The number of carbonyl (C=O) groups is 1. The van der Waals surface area contributed by atoms with Crippen molar-refractivity contribution < 1.29 is 35.9 Å². The van der Waals surface area contributed by atoms with Gasteiger partial charge in [0.05, 0.1) is 16.7 Å². The molecular weight excluding hydrogens is 330 g/mol. The molecule has 1 aliphatic heterocycles. The van der Waals surface area contributed by atoms with Crippen LogP contribution in [0.3, 0.4) is 0 Å². The van der Waals surface area contributed by atoms with E-state index in [2.05, 4.69) is 0 Å². The third kappa shape index (κ3) is 3.07. The minimum absolute atomic E-state index is 0.388. The van der Waals surface area contributed by atoms with E-state index < -0.39 is 52.9 Å². The maximum atomic E-state index is 12.9. The van der Waals surface area contributed by atoms with Gasteiger partial charge in [-0.15, -0.1) is 0 Å². The summed E-state index contributed by atoms with van der Waals surface area (Å²) in [4.78, 5) is 10.6. The van der Waals surface area contributed by atoms with Crippen molar-refractivity contribution in [3.05, 3.63) is 30.1 Å². The van der Waals surface area contributed by atoms with Gasteiger partial charge < -0.3 is 5.11 Å². The van der Waals surface area contributed by atoms with Gasteiger partial charge in [-0.05, 0) is 24.3 Å². The number of nitrogens with zero attached hydrogens (tertiary/aromatic N) is 1. The van der Waals surface area contributed by atoms with Gasteiger partial charge in [0.2, 0.25) is 10.0 Å². The van der Waals surface area contributed by atoms with Crippen LogP contribution in [0.5, 0.6) is 0 Å². The van der Waals surface area contributed by atoms with Gasteiger partial charge in [0.15, 0.2) is 0 Å². The molecule has 0 radical (unpaired) electrons. The first-order chi connectivity index (χ1) is 10.0. The highest BCUT2D eigenvalue weighted by Crippen LogP contribution is 2.39. The van der Waals surface area contributed by atoms with E-state index in [1.54, 1.807) is 0 Å². The molecule has 1 aromatic rings. The Kier molecular flexibility index (Phi) is 4.18. The quantitative estimate of drug-likeness (QED) is 0.850. The summed E-state index contributed by atoms with van der Waals surface area (Å²) in [6.45, 7) is -1.75. The summed E-state index contributed by atoms with van der Waals surface area (Å²) in [6.07, 6.45) is -4.82. The van der Waals surface area contributed by atoms with Crippen molar-refractivity contribution in [1.29, 1.82) is 0 Å². The highest BCUT2D eigenvalue weighted by atomic mass is 32.2. The van der Waals surface area contributed by atoms with Crippen molar-refractivity contribution in [2.45, 2.75) is 11.1 Å². The molecule has 0 saturated carbocycles. The van der Waals surface area contributed by atoms with E-state index in [-0.39, 0.29) is 4.90 Å². The van der Waals surface area contributed by atoms with Crippen LogP contribution in [-0.2, 0) is 14.8 Å². The minimum Gasteiger partial charge on any atom is -0.481 e. The van der Waals surface area contributed by atoms with Crippen LogP contribution in [0.4, 0.5) is 17.6 Å². The molecule has 10 heteroatoms. The number of aliphatic carboxylic acids is 1. The van der Waals surface area contributed by atoms with Crippen LogP contribution in [0.1, 0.15) is 0 Å². The van der Waals surface area contributed by atoms with Crippen molar-refractivity contribution in [3.8, 4) is 0 Å². The topological polar surface area (TPSA) is 74.7 Å². The number of rotatable bonds is 3. The molecule has 0 amide bonds. The largest absolute Gasteiger partial charge is 0.481 e. The number of hydrogen-bond acceptors (Lipinski definition) is 3. The normalized spacial score (nSPS) is 23.6. The molecule has 22 heavy (non-hydrogen) atoms. The maximum Gasteiger partial charge on any atom is 0.393 e. The molecule has 1 aromatic carbocycles. The van der Waals surface area contributed by atoms with Gasteiger partial charge in [0, 0.05) is 13.1 Å². The summed E-state index contributed by atoms with van der Waals surface area (Å²) in [5.74, 6) is -6.55. The van der Waals surface area contributed by atoms with Crippen LogP contribution in [-0.4, -0.2) is 43.1 Å². The van der Waals surface area contributed by atoms with Crippen molar-refractivity contribution in [2.24, 2.45) is 11.8 Å². The minimum atomic E-state index is -4.82.